The average Bonchev–Trinajstić information content (AvgIpc) is 2.81. The number of carbonyl (C=O) groups excluding carboxylic acids is 1. The molecule has 1 rings (SSSR count). The molecule has 0 saturated carbocycles. The van der Waals surface area contributed by atoms with E-state index in [9.17, 15) is 9.59 Å². The first-order chi connectivity index (χ1) is 8.92. The fourth-order valence-corrected chi connectivity index (χ4v) is 1.70. The highest BCUT2D eigenvalue weighted by Gasteiger charge is 2.24. The molecule has 19 heavy (non-hydrogen) atoms. The van der Waals surface area contributed by atoms with Crippen molar-refractivity contribution in [1.82, 2.24) is 20.3 Å². The standard InChI is InChI=1S/C12H20N4O3/c1-5-7(3)13-11(17)8(4)16-9(6-2)10(12(18)19)14-15-16/h7-8H,5-6H2,1-4H3,(H,13,17)(H,18,19). The van der Waals surface area contributed by atoms with E-state index < -0.39 is 12.0 Å². The molecule has 2 unspecified atom stereocenters. The molecule has 2 atom stereocenters. The van der Waals surface area contributed by atoms with Gasteiger partial charge in [0.2, 0.25) is 5.91 Å². The van der Waals surface area contributed by atoms with Crippen molar-refractivity contribution in [2.24, 2.45) is 0 Å². The molecule has 1 aromatic rings. The summed E-state index contributed by atoms with van der Waals surface area (Å²) in [5, 5.41) is 19.3. The van der Waals surface area contributed by atoms with Crippen LogP contribution in [0.5, 0.6) is 0 Å². The van der Waals surface area contributed by atoms with Crippen LogP contribution < -0.4 is 5.32 Å². The van der Waals surface area contributed by atoms with Gasteiger partial charge < -0.3 is 10.4 Å². The molecule has 1 amide bonds. The number of aromatic nitrogens is 3. The van der Waals surface area contributed by atoms with E-state index in [0.717, 1.165) is 6.42 Å². The van der Waals surface area contributed by atoms with Crippen molar-refractivity contribution in [3.05, 3.63) is 11.4 Å². The average molecular weight is 268 g/mol. The van der Waals surface area contributed by atoms with Gasteiger partial charge in [-0.3, -0.25) is 4.79 Å². The van der Waals surface area contributed by atoms with Crippen molar-refractivity contribution < 1.29 is 14.7 Å². The van der Waals surface area contributed by atoms with Crippen molar-refractivity contribution in [2.75, 3.05) is 0 Å². The number of amides is 1. The number of nitrogens with zero attached hydrogens (tertiary/aromatic N) is 3. The molecule has 0 saturated heterocycles. The normalized spacial score (nSPS) is 13.9. The zero-order valence-corrected chi connectivity index (χ0v) is 11.7. The lowest BCUT2D eigenvalue weighted by molar-refractivity contribution is -0.124. The van der Waals surface area contributed by atoms with E-state index >= 15 is 0 Å². The van der Waals surface area contributed by atoms with Crippen LogP contribution in [0.15, 0.2) is 0 Å². The first-order valence-electron chi connectivity index (χ1n) is 6.40. The summed E-state index contributed by atoms with van der Waals surface area (Å²) in [7, 11) is 0. The molecule has 0 bridgehead atoms. The molecular weight excluding hydrogens is 248 g/mol. The monoisotopic (exact) mass is 268 g/mol. The smallest absolute Gasteiger partial charge is 0.358 e. The van der Waals surface area contributed by atoms with E-state index in [2.05, 4.69) is 15.6 Å². The quantitative estimate of drug-likeness (QED) is 0.802. The maximum atomic E-state index is 12.0. The van der Waals surface area contributed by atoms with Crippen LogP contribution in [-0.2, 0) is 11.2 Å². The summed E-state index contributed by atoms with van der Waals surface area (Å²) in [5.74, 6) is -1.32. The number of nitrogens with one attached hydrogen (secondary N) is 1. The number of carboxylic acid groups (broad SMARTS) is 1. The zero-order valence-electron chi connectivity index (χ0n) is 11.7. The number of hydrogen-bond donors (Lipinski definition) is 2. The lowest BCUT2D eigenvalue weighted by Gasteiger charge is -2.17. The Morgan fingerprint density at radius 1 is 1.37 bits per heavy atom. The van der Waals surface area contributed by atoms with Gasteiger partial charge in [0.15, 0.2) is 5.69 Å². The van der Waals surface area contributed by atoms with Crippen LogP contribution in [0.4, 0.5) is 0 Å². The Kier molecular flexibility index (Phi) is 5.02. The van der Waals surface area contributed by atoms with E-state index in [0.29, 0.717) is 12.1 Å². The molecule has 2 N–H and O–H groups in total. The third kappa shape index (κ3) is 3.30. The molecule has 0 aliphatic heterocycles. The van der Waals surface area contributed by atoms with Gasteiger partial charge in [-0.1, -0.05) is 19.1 Å². The second-order valence-electron chi connectivity index (χ2n) is 4.48. The van der Waals surface area contributed by atoms with Gasteiger partial charge in [-0.2, -0.15) is 0 Å². The second-order valence-corrected chi connectivity index (χ2v) is 4.48. The molecule has 1 heterocycles. The zero-order chi connectivity index (χ0) is 14.6. The van der Waals surface area contributed by atoms with Gasteiger partial charge >= 0.3 is 5.97 Å². The highest BCUT2D eigenvalue weighted by atomic mass is 16.4. The highest BCUT2D eigenvalue weighted by Crippen LogP contribution is 2.13. The number of rotatable bonds is 6. The van der Waals surface area contributed by atoms with Crippen molar-refractivity contribution >= 4 is 11.9 Å². The molecule has 1 aromatic heterocycles. The third-order valence-electron chi connectivity index (χ3n) is 3.08. The van der Waals surface area contributed by atoms with Gasteiger partial charge in [-0.15, -0.1) is 5.10 Å². The van der Waals surface area contributed by atoms with E-state index in [4.69, 9.17) is 5.11 Å². The van der Waals surface area contributed by atoms with Crippen LogP contribution in [0.3, 0.4) is 0 Å². The Balaban J connectivity index is 2.96. The molecule has 7 nitrogen and oxygen atoms in total. The Labute approximate surface area is 112 Å². The van der Waals surface area contributed by atoms with Crippen molar-refractivity contribution in [1.29, 1.82) is 0 Å². The first-order valence-corrected chi connectivity index (χ1v) is 6.40. The van der Waals surface area contributed by atoms with Crippen molar-refractivity contribution in [2.45, 2.75) is 52.6 Å². The molecule has 0 spiro atoms. The van der Waals surface area contributed by atoms with Crippen LogP contribution in [0, 0.1) is 0 Å². The molecule has 0 fully saturated rings. The van der Waals surface area contributed by atoms with Crippen LogP contribution in [0.25, 0.3) is 0 Å². The predicted octanol–water partition coefficient (Wildman–Crippen LogP) is 1.01. The lowest BCUT2D eigenvalue weighted by Crippen LogP contribution is -2.37. The summed E-state index contributed by atoms with van der Waals surface area (Å²) in [4.78, 5) is 23.0. The molecule has 7 heteroatoms. The van der Waals surface area contributed by atoms with Gasteiger partial charge in [-0.25, -0.2) is 9.48 Å². The SMILES string of the molecule is CCc1c(C(=O)O)nnn1C(C)C(=O)NC(C)CC. The summed E-state index contributed by atoms with van der Waals surface area (Å²) >= 11 is 0. The largest absolute Gasteiger partial charge is 0.476 e. The fraction of sp³-hybridized carbons (Fsp3) is 0.667. The molecule has 0 radical (unpaired) electrons. The minimum absolute atomic E-state index is 0.0718. The lowest BCUT2D eigenvalue weighted by atomic mass is 10.2. The molecular formula is C12H20N4O3. The van der Waals surface area contributed by atoms with E-state index in [1.165, 1.54) is 4.68 Å². The fourth-order valence-electron chi connectivity index (χ4n) is 1.70. The van der Waals surface area contributed by atoms with Gasteiger partial charge in [0.05, 0.1) is 5.69 Å². The van der Waals surface area contributed by atoms with Crippen LogP contribution in [-0.4, -0.2) is 38.0 Å². The Morgan fingerprint density at radius 2 is 2.00 bits per heavy atom. The molecule has 0 aliphatic rings. The van der Waals surface area contributed by atoms with Gasteiger partial charge in [0.25, 0.3) is 0 Å². The highest BCUT2D eigenvalue weighted by molar-refractivity contribution is 5.87. The number of hydrogen-bond acceptors (Lipinski definition) is 4. The number of carboxylic acids is 1. The van der Waals surface area contributed by atoms with E-state index in [1.54, 1.807) is 13.8 Å². The van der Waals surface area contributed by atoms with Crippen LogP contribution >= 0.6 is 0 Å². The Morgan fingerprint density at radius 3 is 2.47 bits per heavy atom. The van der Waals surface area contributed by atoms with E-state index in [-0.39, 0.29) is 17.6 Å². The predicted molar refractivity (Wildman–Crippen MR) is 69.0 cm³/mol. The maximum absolute atomic E-state index is 12.0. The molecule has 0 aliphatic carbocycles. The summed E-state index contributed by atoms with van der Waals surface area (Å²) in [6.45, 7) is 7.37. The van der Waals surface area contributed by atoms with Gasteiger partial charge in [0, 0.05) is 6.04 Å². The summed E-state index contributed by atoms with van der Waals surface area (Å²) in [5.41, 5.74) is 0.366. The number of carbonyl (C=O) groups is 2. The minimum Gasteiger partial charge on any atom is -0.476 e. The second kappa shape index (κ2) is 6.31. The Hall–Kier alpha value is -1.92. The van der Waals surface area contributed by atoms with Gasteiger partial charge in [-0.05, 0) is 26.7 Å². The van der Waals surface area contributed by atoms with Gasteiger partial charge in [0.1, 0.15) is 6.04 Å². The maximum Gasteiger partial charge on any atom is 0.358 e. The Bertz CT molecular complexity index is 470. The molecule has 106 valence electrons. The topological polar surface area (TPSA) is 97.1 Å². The number of aromatic carboxylic acids is 1. The van der Waals surface area contributed by atoms with Crippen LogP contribution in [0.1, 0.15) is 56.3 Å². The first kappa shape index (κ1) is 15.1. The van der Waals surface area contributed by atoms with Crippen LogP contribution in [0.2, 0.25) is 0 Å². The summed E-state index contributed by atoms with van der Waals surface area (Å²) in [6, 6.07) is -0.507. The molecule has 0 aromatic carbocycles. The minimum atomic E-state index is -1.13. The van der Waals surface area contributed by atoms with Crippen molar-refractivity contribution in [3.8, 4) is 0 Å². The summed E-state index contributed by atoms with van der Waals surface area (Å²) in [6.07, 6.45) is 1.28. The van der Waals surface area contributed by atoms with Crippen molar-refractivity contribution in [3.63, 3.8) is 0 Å². The third-order valence-corrected chi connectivity index (χ3v) is 3.08. The summed E-state index contributed by atoms with van der Waals surface area (Å²) < 4.78 is 1.38. The van der Waals surface area contributed by atoms with E-state index in [1.807, 2.05) is 13.8 Å².